The number of carbonyl (C=O) groups excluding carboxylic acids is 1. The first-order valence-electron chi connectivity index (χ1n) is 7.20. The Morgan fingerprint density at radius 3 is 2.43 bits per heavy atom. The van der Waals surface area contributed by atoms with Gasteiger partial charge in [0.2, 0.25) is 5.91 Å². The van der Waals surface area contributed by atoms with Gasteiger partial charge in [0.05, 0.1) is 19.6 Å². The fourth-order valence-corrected chi connectivity index (χ4v) is 2.37. The van der Waals surface area contributed by atoms with Gasteiger partial charge in [-0.05, 0) is 18.1 Å². The highest BCUT2D eigenvalue weighted by atomic mass is 16.5. The predicted molar refractivity (Wildman–Crippen MR) is 84.3 cm³/mol. The molecule has 0 aliphatic carbocycles. The lowest BCUT2D eigenvalue weighted by Gasteiger charge is -2.18. The van der Waals surface area contributed by atoms with E-state index in [4.69, 9.17) is 4.74 Å². The van der Waals surface area contributed by atoms with Crippen LogP contribution in [0.5, 0.6) is 5.75 Å². The molecule has 0 heterocycles. The Labute approximate surface area is 126 Å². The van der Waals surface area contributed by atoms with Gasteiger partial charge in [0.1, 0.15) is 5.75 Å². The molecule has 2 aromatic rings. The van der Waals surface area contributed by atoms with E-state index in [-0.39, 0.29) is 11.9 Å². The van der Waals surface area contributed by atoms with Crippen molar-refractivity contribution in [1.29, 1.82) is 0 Å². The normalized spacial score (nSPS) is 11.7. The van der Waals surface area contributed by atoms with E-state index in [0.717, 1.165) is 23.3 Å². The Morgan fingerprint density at radius 2 is 1.76 bits per heavy atom. The molecule has 110 valence electrons. The fraction of sp³-hybridized carbons (Fsp3) is 0.278. The molecule has 0 spiro atoms. The first kappa shape index (κ1) is 15.1. The third kappa shape index (κ3) is 4.09. The maximum absolute atomic E-state index is 12.3. The van der Waals surface area contributed by atoms with Gasteiger partial charge in [0, 0.05) is 5.56 Å². The molecule has 21 heavy (non-hydrogen) atoms. The van der Waals surface area contributed by atoms with E-state index in [0.29, 0.717) is 6.42 Å². The summed E-state index contributed by atoms with van der Waals surface area (Å²) in [4.78, 5) is 12.3. The smallest absolute Gasteiger partial charge is 0.225 e. The first-order chi connectivity index (χ1) is 10.2. The molecule has 0 bridgehead atoms. The van der Waals surface area contributed by atoms with E-state index in [9.17, 15) is 4.79 Å². The molecular formula is C18H21NO2. The van der Waals surface area contributed by atoms with Crippen LogP contribution in [0, 0.1) is 0 Å². The van der Waals surface area contributed by atoms with Crippen LogP contribution in [0.2, 0.25) is 0 Å². The highest BCUT2D eigenvalue weighted by molar-refractivity contribution is 5.79. The van der Waals surface area contributed by atoms with Crippen molar-refractivity contribution in [3.05, 3.63) is 65.7 Å². The van der Waals surface area contributed by atoms with Crippen LogP contribution >= 0.6 is 0 Å². The zero-order chi connectivity index (χ0) is 15.1. The summed E-state index contributed by atoms with van der Waals surface area (Å²) in [7, 11) is 1.62. The monoisotopic (exact) mass is 283 g/mol. The lowest BCUT2D eigenvalue weighted by Crippen LogP contribution is -2.29. The molecule has 0 fully saturated rings. The molecule has 1 amide bonds. The van der Waals surface area contributed by atoms with E-state index >= 15 is 0 Å². The molecule has 1 atom stereocenters. The van der Waals surface area contributed by atoms with E-state index in [1.165, 1.54) is 0 Å². The number of methoxy groups -OCH3 is 1. The van der Waals surface area contributed by atoms with Crippen LogP contribution < -0.4 is 10.1 Å². The minimum Gasteiger partial charge on any atom is -0.496 e. The van der Waals surface area contributed by atoms with Gasteiger partial charge in [-0.2, -0.15) is 0 Å². The summed E-state index contributed by atoms with van der Waals surface area (Å²) < 4.78 is 5.28. The summed E-state index contributed by atoms with van der Waals surface area (Å²) in [6.45, 7) is 2.07. The number of benzene rings is 2. The van der Waals surface area contributed by atoms with Crippen LogP contribution in [0.15, 0.2) is 54.6 Å². The van der Waals surface area contributed by atoms with Crippen LogP contribution in [0.1, 0.15) is 30.5 Å². The summed E-state index contributed by atoms with van der Waals surface area (Å²) in [5.41, 5.74) is 2.04. The highest BCUT2D eigenvalue weighted by Gasteiger charge is 2.14. The van der Waals surface area contributed by atoms with Crippen molar-refractivity contribution in [3.8, 4) is 5.75 Å². The maximum atomic E-state index is 12.3. The van der Waals surface area contributed by atoms with Gasteiger partial charge < -0.3 is 10.1 Å². The molecule has 2 aromatic carbocycles. The SMILES string of the molecule is CC[C@H](NC(=O)Cc1ccccc1OC)c1ccccc1. The predicted octanol–water partition coefficient (Wildman–Crippen LogP) is 3.51. The average molecular weight is 283 g/mol. The molecule has 2 rings (SSSR count). The van der Waals surface area contributed by atoms with Crippen LogP contribution in [0.4, 0.5) is 0 Å². The molecule has 0 aliphatic rings. The van der Waals surface area contributed by atoms with Crippen molar-refractivity contribution in [1.82, 2.24) is 5.32 Å². The lowest BCUT2D eigenvalue weighted by molar-refractivity contribution is -0.121. The van der Waals surface area contributed by atoms with E-state index < -0.39 is 0 Å². The number of rotatable bonds is 6. The van der Waals surface area contributed by atoms with Crippen molar-refractivity contribution in [2.45, 2.75) is 25.8 Å². The van der Waals surface area contributed by atoms with Crippen LogP contribution in [0.3, 0.4) is 0 Å². The van der Waals surface area contributed by atoms with Crippen molar-refractivity contribution in [2.24, 2.45) is 0 Å². The fourth-order valence-electron chi connectivity index (χ4n) is 2.37. The van der Waals surface area contributed by atoms with Gasteiger partial charge in [-0.1, -0.05) is 55.5 Å². The number of para-hydroxylation sites is 1. The standard InChI is InChI=1S/C18H21NO2/c1-3-16(14-9-5-4-6-10-14)19-18(20)13-15-11-7-8-12-17(15)21-2/h4-12,16H,3,13H2,1-2H3,(H,19,20)/t16-/m0/s1. The Kier molecular flexibility index (Phi) is 5.38. The Hall–Kier alpha value is -2.29. The van der Waals surface area contributed by atoms with Crippen molar-refractivity contribution in [2.75, 3.05) is 7.11 Å². The zero-order valence-electron chi connectivity index (χ0n) is 12.5. The van der Waals surface area contributed by atoms with E-state index in [1.54, 1.807) is 7.11 Å². The average Bonchev–Trinajstić information content (AvgIpc) is 2.54. The summed E-state index contributed by atoms with van der Waals surface area (Å²) in [5, 5.41) is 3.09. The van der Waals surface area contributed by atoms with Crippen LogP contribution in [0.25, 0.3) is 0 Å². The van der Waals surface area contributed by atoms with Gasteiger partial charge in [-0.3, -0.25) is 4.79 Å². The second-order valence-corrected chi connectivity index (χ2v) is 4.93. The van der Waals surface area contributed by atoms with Gasteiger partial charge in [0.25, 0.3) is 0 Å². The van der Waals surface area contributed by atoms with Crippen LogP contribution in [-0.4, -0.2) is 13.0 Å². The molecule has 3 heteroatoms. The minimum absolute atomic E-state index is 0.00945. The quantitative estimate of drug-likeness (QED) is 0.881. The topological polar surface area (TPSA) is 38.3 Å². The Balaban J connectivity index is 2.03. The number of nitrogens with one attached hydrogen (secondary N) is 1. The van der Waals surface area contributed by atoms with E-state index in [2.05, 4.69) is 12.2 Å². The molecule has 0 unspecified atom stereocenters. The molecule has 0 aliphatic heterocycles. The molecule has 3 nitrogen and oxygen atoms in total. The maximum Gasteiger partial charge on any atom is 0.225 e. The largest absolute Gasteiger partial charge is 0.496 e. The van der Waals surface area contributed by atoms with Crippen molar-refractivity contribution < 1.29 is 9.53 Å². The number of amides is 1. The number of ether oxygens (including phenoxy) is 1. The summed E-state index contributed by atoms with van der Waals surface area (Å²) in [6, 6.07) is 17.7. The summed E-state index contributed by atoms with van der Waals surface area (Å²) in [6.07, 6.45) is 1.19. The third-order valence-corrected chi connectivity index (χ3v) is 3.49. The molecule has 0 radical (unpaired) electrons. The molecule has 0 aromatic heterocycles. The summed E-state index contributed by atoms with van der Waals surface area (Å²) >= 11 is 0. The van der Waals surface area contributed by atoms with Crippen molar-refractivity contribution >= 4 is 5.91 Å². The third-order valence-electron chi connectivity index (χ3n) is 3.49. The van der Waals surface area contributed by atoms with Gasteiger partial charge in [0.15, 0.2) is 0 Å². The second-order valence-electron chi connectivity index (χ2n) is 4.93. The molecular weight excluding hydrogens is 262 g/mol. The number of carbonyl (C=O) groups is 1. The summed E-state index contributed by atoms with van der Waals surface area (Å²) in [5.74, 6) is 0.760. The first-order valence-corrected chi connectivity index (χ1v) is 7.20. The van der Waals surface area contributed by atoms with Gasteiger partial charge in [-0.25, -0.2) is 0 Å². The van der Waals surface area contributed by atoms with E-state index in [1.807, 2.05) is 54.6 Å². The number of hydrogen-bond acceptors (Lipinski definition) is 2. The second kappa shape index (κ2) is 7.48. The highest BCUT2D eigenvalue weighted by Crippen LogP contribution is 2.19. The van der Waals surface area contributed by atoms with Crippen LogP contribution in [-0.2, 0) is 11.2 Å². The molecule has 1 N–H and O–H groups in total. The lowest BCUT2D eigenvalue weighted by atomic mass is 10.0. The zero-order valence-corrected chi connectivity index (χ0v) is 12.5. The molecule has 0 saturated carbocycles. The van der Waals surface area contributed by atoms with Gasteiger partial charge in [-0.15, -0.1) is 0 Å². The van der Waals surface area contributed by atoms with Crippen molar-refractivity contribution in [3.63, 3.8) is 0 Å². The Bertz CT molecular complexity index is 581. The number of hydrogen-bond donors (Lipinski definition) is 1. The molecule has 0 saturated heterocycles. The Morgan fingerprint density at radius 1 is 1.10 bits per heavy atom. The van der Waals surface area contributed by atoms with Gasteiger partial charge >= 0.3 is 0 Å². The minimum atomic E-state index is 0.00945.